The smallest absolute Gasteiger partial charge is 0.321 e. The highest BCUT2D eigenvalue weighted by molar-refractivity contribution is 5.94. The molecule has 1 saturated heterocycles. The maximum Gasteiger partial charge on any atom is 0.321 e. The summed E-state index contributed by atoms with van der Waals surface area (Å²) in [5.41, 5.74) is 2.49. The molecule has 0 saturated carbocycles. The van der Waals surface area contributed by atoms with Gasteiger partial charge in [-0.25, -0.2) is 4.79 Å². The van der Waals surface area contributed by atoms with Crippen LogP contribution >= 0.6 is 0 Å². The van der Waals surface area contributed by atoms with Gasteiger partial charge in [0.05, 0.1) is 12.7 Å². The van der Waals surface area contributed by atoms with Crippen LogP contribution in [0.1, 0.15) is 61.9 Å². The van der Waals surface area contributed by atoms with E-state index in [2.05, 4.69) is 10.6 Å². The minimum absolute atomic E-state index is 0.0766. The van der Waals surface area contributed by atoms with Crippen LogP contribution in [-0.4, -0.2) is 55.8 Å². The maximum atomic E-state index is 12.9. The molecule has 34 heavy (non-hydrogen) atoms. The van der Waals surface area contributed by atoms with E-state index >= 15 is 0 Å². The molecule has 1 aliphatic heterocycles. The second kappa shape index (κ2) is 13.0. The van der Waals surface area contributed by atoms with Crippen LogP contribution in [0.3, 0.4) is 0 Å². The zero-order chi connectivity index (χ0) is 24.3. The summed E-state index contributed by atoms with van der Waals surface area (Å²) in [6, 6.07) is 15.1. The number of nitrogens with one attached hydrogen (secondary N) is 2. The lowest BCUT2D eigenvalue weighted by molar-refractivity contribution is 0.0757. The molecule has 1 heterocycles. The van der Waals surface area contributed by atoms with Crippen LogP contribution in [0.5, 0.6) is 5.75 Å². The van der Waals surface area contributed by atoms with Crippen molar-refractivity contribution in [3.05, 3.63) is 59.7 Å². The summed E-state index contributed by atoms with van der Waals surface area (Å²) < 4.78 is 11.0. The highest BCUT2D eigenvalue weighted by atomic mass is 16.5. The van der Waals surface area contributed by atoms with Crippen LogP contribution in [0.15, 0.2) is 48.5 Å². The quantitative estimate of drug-likeness (QED) is 0.480. The Morgan fingerprint density at radius 1 is 1.15 bits per heavy atom. The summed E-state index contributed by atoms with van der Waals surface area (Å²) in [6.45, 7) is 9.11. The number of hydrogen-bond donors (Lipinski definition) is 2. The Morgan fingerprint density at radius 2 is 1.94 bits per heavy atom. The number of urea groups is 1. The zero-order valence-electron chi connectivity index (χ0n) is 20.5. The van der Waals surface area contributed by atoms with Crippen LogP contribution in [0.4, 0.5) is 10.5 Å². The standard InChI is InChI=1S/C27H37N3O4/c1-4-33-25-13-11-24(12-14-25)29-27(32)30-16-6-10-23(19-30)21-8-5-9-22(18-21)26(31)28-15-7-17-34-20(2)3/h5,8-9,11-14,18,20,23H,4,6-7,10,15-17,19H2,1-3H3,(H,28,31)(H,29,32)/t23-/m1/s1. The van der Waals surface area contributed by atoms with Crippen molar-refractivity contribution in [2.45, 2.75) is 52.1 Å². The lowest BCUT2D eigenvalue weighted by Crippen LogP contribution is -2.41. The van der Waals surface area contributed by atoms with Crippen molar-refractivity contribution in [2.24, 2.45) is 0 Å². The van der Waals surface area contributed by atoms with Crippen molar-refractivity contribution >= 4 is 17.6 Å². The third-order valence-corrected chi connectivity index (χ3v) is 5.80. The summed E-state index contributed by atoms with van der Waals surface area (Å²) in [6.07, 6.45) is 2.90. The Hall–Kier alpha value is -3.06. The molecule has 1 atom stereocenters. The molecule has 7 heteroatoms. The second-order valence-electron chi connectivity index (χ2n) is 8.83. The fraction of sp³-hybridized carbons (Fsp3) is 0.481. The van der Waals surface area contributed by atoms with Crippen molar-refractivity contribution in [3.63, 3.8) is 0 Å². The zero-order valence-corrected chi connectivity index (χ0v) is 20.5. The number of ether oxygens (including phenoxy) is 2. The molecule has 7 nitrogen and oxygen atoms in total. The Kier molecular flexibility index (Phi) is 9.76. The predicted octanol–water partition coefficient (Wildman–Crippen LogP) is 5.04. The molecule has 0 radical (unpaired) electrons. The van der Waals surface area contributed by atoms with E-state index in [0.29, 0.717) is 31.9 Å². The summed E-state index contributed by atoms with van der Waals surface area (Å²) in [4.78, 5) is 27.3. The van der Waals surface area contributed by atoms with E-state index in [4.69, 9.17) is 9.47 Å². The first-order valence-corrected chi connectivity index (χ1v) is 12.2. The van der Waals surface area contributed by atoms with Gasteiger partial charge in [-0.3, -0.25) is 4.79 Å². The first-order valence-electron chi connectivity index (χ1n) is 12.2. The SMILES string of the molecule is CCOc1ccc(NC(=O)N2CCC[C@@H](c3cccc(C(=O)NCCCOC(C)C)c3)C2)cc1. The summed E-state index contributed by atoms with van der Waals surface area (Å²) in [5, 5.41) is 5.95. The normalized spacial score (nSPS) is 15.8. The highest BCUT2D eigenvalue weighted by Gasteiger charge is 2.25. The molecular formula is C27H37N3O4. The van der Waals surface area contributed by atoms with Gasteiger partial charge in [0.25, 0.3) is 5.91 Å². The van der Waals surface area contributed by atoms with Gasteiger partial charge >= 0.3 is 6.03 Å². The van der Waals surface area contributed by atoms with E-state index in [1.165, 1.54) is 0 Å². The number of piperidine rings is 1. The van der Waals surface area contributed by atoms with Crippen LogP contribution in [0, 0.1) is 0 Å². The van der Waals surface area contributed by atoms with Crippen molar-refractivity contribution in [1.82, 2.24) is 10.2 Å². The van der Waals surface area contributed by atoms with E-state index in [1.807, 2.05) is 74.2 Å². The van der Waals surface area contributed by atoms with Gasteiger partial charge in [0.2, 0.25) is 0 Å². The third kappa shape index (κ3) is 7.76. The van der Waals surface area contributed by atoms with Crippen molar-refractivity contribution in [1.29, 1.82) is 0 Å². The van der Waals surface area contributed by atoms with E-state index < -0.39 is 0 Å². The molecule has 0 aromatic heterocycles. The summed E-state index contributed by atoms with van der Waals surface area (Å²) >= 11 is 0. The van der Waals surface area contributed by atoms with E-state index in [1.54, 1.807) is 0 Å². The Labute approximate surface area is 202 Å². The third-order valence-electron chi connectivity index (χ3n) is 5.80. The number of benzene rings is 2. The monoisotopic (exact) mass is 467 g/mol. The molecule has 184 valence electrons. The highest BCUT2D eigenvalue weighted by Crippen LogP contribution is 2.28. The number of hydrogen-bond acceptors (Lipinski definition) is 4. The van der Waals surface area contributed by atoms with E-state index in [9.17, 15) is 9.59 Å². The van der Waals surface area contributed by atoms with Gasteiger partial charge in [0, 0.05) is 43.4 Å². The van der Waals surface area contributed by atoms with E-state index in [0.717, 1.165) is 42.8 Å². The largest absolute Gasteiger partial charge is 0.494 e. The molecule has 3 rings (SSSR count). The molecule has 0 unspecified atom stereocenters. The Bertz CT molecular complexity index is 930. The first kappa shape index (κ1) is 25.6. The minimum atomic E-state index is -0.105. The van der Waals surface area contributed by atoms with Gasteiger partial charge in [-0.15, -0.1) is 0 Å². The minimum Gasteiger partial charge on any atom is -0.494 e. The average molecular weight is 468 g/mol. The topological polar surface area (TPSA) is 79.9 Å². The molecule has 3 amide bonds. The molecule has 2 aromatic rings. The van der Waals surface area contributed by atoms with Crippen molar-refractivity contribution < 1.29 is 19.1 Å². The number of carbonyl (C=O) groups is 2. The first-order chi connectivity index (χ1) is 16.5. The number of anilines is 1. The average Bonchev–Trinajstić information content (AvgIpc) is 2.85. The van der Waals surface area contributed by atoms with Crippen molar-refractivity contribution in [2.75, 3.05) is 38.2 Å². The van der Waals surface area contributed by atoms with E-state index in [-0.39, 0.29) is 24.0 Å². The molecule has 0 bridgehead atoms. The molecule has 2 aromatic carbocycles. The lowest BCUT2D eigenvalue weighted by atomic mass is 9.89. The summed E-state index contributed by atoms with van der Waals surface area (Å²) in [5.74, 6) is 0.908. The molecule has 0 aliphatic carbocycles. The molecule has 1 aliphatic rings. The van der Waals surface area contributed by atoms with Crippen LogP contribution in [0.25, 0.3) is 0 Å². The number of nitrogens with zero attached hydrogens (tertiary/aromatic N) is 1. The second-order valence-corrected chi connectivity index (χ2v) is 8.83. The number of rotatable bonds is 10. The lowest BCUT2D eigenvalue weighted by Gasteiger charge is -2.33. The van der Waals surface area contributed by atoms with Gasteiger partial charge < -0.3 is 25.0 Å². The molecule has 1 fully saturated rings. The molecule has 0 spiro atoms. The maximum absolute atomic E-state index is 12.9. The van der Waals surface area contributed by atoms with Crippen LogP contribution < -0.4 is 15.4 Å². The van der Waals surface area contributed by atoms with Gasteiger partial charge in [-0.1, -0.05) is 12.1 Å². The number of amides is 3. The number of likely N-dealkylation sites (tertiary alicyclic amines) is 1. The van der Waals surface area contributed by atoms with Gasteiger partial charge in [-0.2, -0.15) is 0 Å². The predicted molar refractivity (Wildman–Crippen MR) is 135 cm³/mol. The van der Waals surface area contributed by atoms with Crippen LogP contribution in [0.2, 0.25) is 0 Å². The summed E-state index contributed by atoms with van der Waals surface area (Å²) in [7, 11) is 0. The fourth-order valence-electron chi connectivity index (χ4n) is 4.07. The number of carbonyl (C=O) groups excluding carboxylic acids is 2. The van der Waals surface area contributed by atoms with Gasteiger partial charge in [0.1, 0.15) is 5.75 Å². The Morgan fingerprint density at radius 3 is 2.68 bits per heavy atom. The Balaban J connectivity index is 1.53. The van der Waals surface area contributed by atoms with Gasteiger partial charge in [0.15, 0.2) is 0 Å². The van der Waals surface area contributed by atoms with Gasteiger partial charge in [-0.05, 0) is 82.0 Å². The molecular weight excluding hydrogens is 430 g/mol. The van der Waals surface area contributed by atoms with Crippen LogP contribution in [-0.2, 0) is 4.74 Å². The fourth-order valence-corrected chi connectivity index (χ4v) is 4.07. The van der Waals surface area contributed by atoms with Crippen molar-refractivity contribution in [3.8, 4) is 5.75 Å². The molecule has 2 N–H and O–H groups in total.